The highest BCUT2D eigenvalue weighted by Crippen LogP contribution is 2.32. The number of halogens is 2. The molecule has 0 aliphatic carbocycles. The monoisotopic (exact) mass is 481 g/mol. The number of anilines is 1. The maximum absolute atomic E-state index is 12.3. The van der Waals surface area contributed by atoms with Crippen molar-refractivity contribution in [2.75, 3.05) is 5.32 Å². The Morgan fingerprint density at radius 2 is 1.80 bits per heavy atom. The molecule has 0 aliphatic rings. The van der Waals surface area contributed by atoms with Gasteiger partial charge in [-0.3, -0.25) is 4.79 Å². The Kier molecular flexibility index (Phi) is 5.56. The summed E-state index contributed by atoms with van der Waals surface area (Å²) in [7, 11) is 0. The van der Waals surface area contributed by atoms with E-state index in [4.69, 9.17) is 4.74 Å². The van der Waals surface area contributed by atoms with E-state index in [0.717, 1.165) is 19.0 Å². The van der Waals surface area contributed by atoms with Gasteiger partial charge in [0.25, 0.3) is 5.91 Å². The molecule has 0 saturated carbocycles. The minimum atomic E-state index is -0.904. The Bertz CT molecular complexity index is 935. The van der Waals surface area contributed by atoms with E-state index in [-0.39, 0.29) is 5.91 Å². The second-order valence-corrected chi connectivity index (χ2v) is 8.56. The van der Waals surface area contributed by atoms with Crippen LogP contribution in [0.1, 0.15) is 16.6 Å². The molecule has 0 spiro atoms. The molecule has 3 aromatic rings. The van der Waals surface area contributed by atoms with E-state index in [0.29, 0.717) is 10.6 Å². The van der Waals surface area contributed by atoms with E-state index < -0.39 is 12.1 Å². The molecule has 0 aliphatic heterocycles. The largest absolute Gasteiger partial charge is 0.448 e. The molecule has 0 fully saturated rings. The molecular weight excluding hydrogens is 470 g/mol. The highest BCUT2D eigenvalue weighted by atomic mass is 79.9. The fourth-order valence-electron chi connectivity index (χ4n) is 2.23. The number of hydrogen-bond donors (Lipinski definition) is 1. The van der Waals surface area contributed by atoms with E-state index in [9.17, 15) is 9.59 Å². The lowest BCUT2D eigenvalue weighted by Gasteiger charge is -2.13. The van der Waals surface area contributed by atoms with Crippen molar-refractivity contribution in [3.05, 3.63) is 61.7 Å². The molecule has 0 bridgehead atoms. The van der Waals surface area contributed by atoms with Crippen LogP contribution in [0.2, 0.25) is 0 Å². The Labute approximate surface area is 165 Å². The topological polar surface area (TPSA) is 55.4 Å². The second-order valence-electron chi connectivity index (χ2n) is 5.33. The third-order valence-electron chi connectivity index (χ3n) is 3.52. The number of ether oxygens (including phenoxy) is 1. The van der Waals surface area contributed by atoms with E-state index >= 15 is 0 Å². The number of hydrogen-bond acceptors (Lipinski definition) is 4. The summed E-state index contributed by atoms with van der Waals surface area (Å²) in [5.74, 6) is -0.907. The van der Waals surface area contributed by atoms with Crippen LogP contribution >= 0.6 is 43.2 Å². The number of rotatable bonds is 4. The third kappa shape index (κ3) is 4.29. The lowest BCUT2D eigenvalue weighted by Crippen LogP contribution is -2.29. The first kappa shape index (κ1) is 18.1. The second kappa shape index (κ2) is 7.68. The van der Waals surface area contributed by atoms with Crippen LogP contribution in [0.4, 0.5) is 5.69 Å². The van der Waals surface area contributed by atoms with Gasteiger partial charge in [0.1, 0.15) is 4.88 Å². The summed E-state index contributed by atoms with van der Waals surface area (Å²) >= 11 is 7.89. The fourth-order valence-corrected chi connectivity index (χ4v) is 4.15. The normalized spacial score (nSPS) is 12.0. The highest BCUT2D eigenvalue weighted by molar-refractivity contribution is 9.13. The first-order valence-electron chi connectivity index (χ1n) is 7.39. The van der Waals surface area contributed by atoms with Gasteiger partial charge in [-0.15, -0.1) is 11.3 Å². The Hall–Kier alpha value is -1.70. The lowest BCUT2D eigenvalue weighted by molar-refractivity contribution is -0.123. The number of nitrogens with one attached hydrogen (secondary N) is 1. The van der Waals surface area contributed by atoms with Gasteiger partial charge < -0.3 is 10.1 Å². The summed E-state index contributed by atoms with van der Waals surface area (Å²) in [4.78, 5) is 24.8. The zero-order valence-electron chi connectivity index (χ0n) is 13.1. The number of benzene rings is 2. The molecule has 2 aromatic carbocycles. The Balaban J connectivity index is 1.66. The number of amides is 1. The molecule has 1 heterocycles. The van der Waals surface area contributed by atoms with E-state index in [1.54, 1.807) is 13.0 Å². The maximum Gasteiger partial charge on any atom is 0.349 e. The van der Waals surface area contributed by atoms with Gasteiger partial charge >= 0.3 is 5.97 Å². The summed E-state index contributed by atoms with van der Waals surface area (Å²) in [5, 5.41) is 4.89. The van der Waals surface area contributed by atoms with Crippen molar-refractivity contribution in [2.24, 2.45) is 0 Å². The van der Waals surface area contributed by atoms with Gasteiger partial charge in [-0.2, -0.15) is 0 Å². The van der Waals surface area contributed by atoms with Crippen LogP contribution in [0.25, 0.3) is 10.8 Å². The average molecular weight is 483 g/mol. The number of fused-ring (bicyclic) bond motifs is 1. The van der Waals surface area contributed by atoms with Gasteiger partial charge in [0.15, 0.2) is 6.10 Å². The number of carbonyl (C=O) groups excluding carboxylic acids is 2. The zero-order valence-corrected chi connectivity index (χ0v) is 17.1. The quantitative estimate of drug-likeness (QED) is 0.491. The van der Waals surface area contributed by atoms with Crippen LogP contribution < -0.4 is 5.32 Å². The molecule has 1 N–H and O–H groups in total. The van der Waals surface area contributed by atoms with Crippen molar-refractivity contribution in [2.45, 2.75) is 13.0 Å². The molecule has 0 saturated heterocycles. The summed E-state index contributed by atoms with van der Waals surface area (Å²) in [5.41, 5.74) is 0.660. The maximum atomic E-state index is 12.3. The summed E-state index contributed by atoms with van der Waals surface area (Å²) in [6.45, 7) is 1.55. The van der Waals surface area contributed by atoms with Gasteiger partial charge in [-0.25, -0.2) is 4.79 Å². The summed E-state index contributed by atoms with van der Waals surface area (Å²) < 4.78 is 6.82. The number of carbonyl (C=O) groups is 2. The molecule has 1 aromatic heterocycles. The van der Waals surface area contributed by atoms with Crippen molar-refractivity contribution in [1.82, 2.24) is 0 Å². The molecule has 1 unspecified atom stereocenters. The highest BCUT2D eigenvalue weighted by Gasteiger charge is 2.21. The Morgan fingerprint density at radius 3 is 2.48 bits per heavy atom. The summed E-state index contributed by atoms with van der Waals surface area (Å²) in [6.07, 6.45) is -0.904. The zero-order chi connectivity index (χ0) is 18.0. The van der Waals surface area contributed by atoms with Crippen LogP contribution in [-0.4, -0.2) is 18.0 Å². The molecule has 1 atom stereocenters. The smallest absolute Gasteiger partial charge is 0.349 e. The lowest BCUT2D eigenvalue weighted by atomic mass is 10.1. The minimum Gasteiger partial charge on any atom is -0.448 e. The fraction of sp³-hybridized carbons (Fsp3) is 0.111. The van der Waals surface area contributed by atoms with Crippen molar-refractivity contribution >= 4 is 71.5 Å². The van der Waals surface area contributed by atoms with Crippen molar-refractivity contribution in [3.63, 3.8) is 0 Å². The van der Waals surface area contributed by atoms with Gasteiger partial charge in [-0.05, 0) is 67.8 Å². The van der Waals surface area contributed by atoms with Crippen molar-refractivity contribution in [3.8, 4) is 0 Å². The van der Waals surface area contributed by atoms with Crippen LogP contribution in [-0.2, 0) is 9.53 Å². The average Bonchev–Trinajstić information content (AvgIpc) is 2.94. The third-order valence-corrected chi connectivity index (χ3v) is 6.75. The van der Waals surface area contributed by atoms with Crippen LogP contribution in [0.5, 0.6) is 0 Å². The predicted molar refractivity (Wildman–Crippen MR) is 107 cm³/mol. The molecule has 3 rings (SSSR count). The first-order valence-corrected chi connectivity index (χ1v) is 9.80. The van der Waals surface area contributed by atoms with Crippen LogP contribution in [0.3, 0.4) is 0 Å². The molecule has 25 heavy (non-hydrogen) atoms. The minimum absolute atomic E-state index is 0.377. The Morgan fingerprint density at radius 1 is 1.08 bits per heavy atom. The van der Waals surface area contributed by atoms with E-state index in [1.165, 1.54) is 11.3 Å². The number of esters is 1. The van der Waals surface area contributed by atoms with Crippen LogP contribution in [0.15, 0.2) is 56.8 Å². The van der Waals surface area contributed by atoms with Gasteiger partial charge in [0, 0.05) is 10.2 Å². The molecule has 128 valence electrons. The van der Waals surface area contributed by atoms with Gasteiger partial charge in [0.05, 0.1) is 3.79 Å². The van der Waals surface area contributed by atoms with Gasteiger partial charge in [-0.1, -0.05) is 30.3 Å². The number of thiophene rings is 1. The first-order chi connectivity index (χ1) is 11.9. The standard InChI is InChI=1S/C18H13Br2NO3S/c1-10(24-18(23)15-9-14(19)16(20)25-15)17(22)21-13-7-6-11-4-2-3-5-12(11)8-13/h2-10H,1H3,(H,21,22). The van der Waals surface area contributed by atoms with Crippen molar-refractivity contribution in [1.29, 1.82) is 0 Å². The molecule has 4 nitrogen and oxygen atoms in total. The molecule has 7 heteroatoms. The summed E-state index contributed by atoms with van der Waals surface area (Å²) in [6, 6.07) is 15.2. The van der Waals surface area contributed by atoms with E-state index in [1.807, 2.05) is 42.5 Å². The van der Waals surface area contributed by atoms with Crippen molar-refractivity contribution < 1.29 is 14.3 Å². The molecule has 0 radical (unpaired) electrons. The van der Waals surface area contributed by atoms with E-state index in [2.05, 4.69) is 37.2 Å². The SMILES string of the molecule is CC(OC(=O)c1cc(Br)c(Br)s1)C(=O)Nc1ccc2ccccc2c1. The van der Waals surface area contributed by atoms with Crippen LogP contribution in [0, 0.1) is 0 Å². The molecular formula is C18H13Br2NO3S. The van der Waals surface area contributed by atoms with Gasteiger partial charge in [0.2, 0.25) is 0 Å². The molecule has 1 amide bonds. The predicted octanol–water partition coefficient (Wildman–Crippen LogP) is 5.61.